The molecule has 5 heteroatoms. The van der Waals surface area contributed by atoms with Crippen LogP contribution in [0.4, 0.5) is 0 Å². The summed E-state index contributed by atoms with van der Waals surface area (Å²) < 4.78 is 2.55. The van der Waals surface area contributed by atoms with E-state index in [0.717, 1.165) is 28.0 Å². The minimum Gasteiger partial charge on any atom is -0.360 e. The summed E-state index contributed by atoms with van der Waals surface area (Å²) in [5.74, 6) is 0.811. The second kappa shape index (κ2) is 4.96. The first kappa shape index (κ1) is 13.0. The Balaban J connectivity index is 1.97. The summed E-state index contributed by atoms with van der Waals surface area (Å²) in [5.41, 5.74) is 4.34. The number of benzene rings is 2. The summed E-state index contributed by atoms with van der Waals surface area (Å²) in [7, 11) is 0. The van der Waals surface area contributed by atoms with Crippen molar-refractivity contribution in [3.8, 4) is 17.1 Å². The number of aryl methyl sites for hydroxylation is 1. The van der Waals surface area contributed by atoms with Gasteiger partial charge in [0.2, 0.25) is 0 Å². The molecule has 4 aromatic rings. The third-order valence-corrected chi connectivity index (χ3v) is 4.07. The van der Waals surface area contributed by atoms with E-state index in [1.807, 2.05) is 22.9 Å². The van der Waals surface area contributed by atoms with Crippen LogP contribution in [-0.2, 0) is 0 Å². The van der Waals surface area contributed by atoms with Crippen molar-refractivity contribution in [2.75, 3.05) is 0 Å². The molecule has 0 aliphatic carbocycles. The number of para-hydroxylation sites is 1. The Labute approximate surface area is 132 Å². The van der Waals surface area contributed by atoms with Gasteiger partial charge in [-0.15, -0.1) is 0 Å². The molecule has 0 amide bonds. The van der Waals surface area contributed by atoms with Gasteiger partial charge < -0.3 is 4.98 Å². The Morgan fingerprint density at radius 3 is 2.64 bits per heavy atom. The van der Waals surface area contributed by atoms with Crippen LogP contribution in [0.1, 0.15) is 5.56 Å². The molecule has 2 aromatic carbocycles. The highest BCUT2D eigenvalue weighted by atomic mass is 32.1. The van der Waals surface area contributed by atoms with E-state index >= 15 is 0 Å². The van der Waals surface area contributed by atoms with Crippen LogP contribution in [0.25, 0.3) is 28.0 Å². The molecule has 0 fully saturated rings. The van der Waals surface area contributed by atoms with Gasteiger partial charge in [0.25, 0.3) is 0 Å². The van der Waals surface area contributed by atoms with Crippen LogP contribution in [0.3, 0.4) is 0 Å². The monoisotopic (exact) mass is 306 g/mol. The summed E-state index contributed by atoms with van der Waals surface area (Å²) in [6.07, 6.45) is 1.97. The van der Waals surface area contributed by atoms with E-state index in [4.69, 9.17) is 12.2 Å². The van der Waals surface area contributed by atoms with Crippen LogP contribution in [0.15, 0.2) is 54.7 Å². The maximum Gasteiger partial charge on any atom is 0.200 e. The fourth-order valence-electron chi connectivity index (χ4n) is 2.67. The number of hydrogen-bond donors (Lipinski definition) is 2. The molecule has 0 saturated carbocycles. The molecule has 2 heterocycles. The Bertz CT molecular complexity index is 1010. The summed E-state index contributed by atoms with van der Waals surface area (Å²) in [6, 6.07) is 16.4. The van der Waals surface area contributed by atoms with E-state index in [9.17, 15) is 0 Å². The van der Waals surface area contributed by atoms with E-state index in [0.29, 0.717) is 4.77 Å². The largest absolute Gasteiger partial charge is 0.360 e. The van der Waals surface area contributed by atoms with Gasteiger partial charge in [0.15, 0.2) is 10.6 Å². The number of aromatic amines is 2. The summed E-state index contributed by atoms with van der Waals surface area (Å²) >= 11 is 5.42. The van der Waals surface area contributed by atoms with Crippen molar-refractivity contribution in [1.29, 1.82) is 0 Å². The quantitative estimate of drug-likeness (QED) is 0.540. The van der Waals surface area contributed by atoms with Gasteiger partial charge in [0.1, 0.15) is 0 Å². The molecule has 2 aromatic heterocycles. The summed E-state index contributed by atoms with van der Waals surface area (Å²) in [4.78, 5) is 3.28. The van der Waals surface area contributed by atoms with Gasteiger partial charge in [-0.3, -0.25) is 9.67 Å². The zero-order valence-electron chi connectivity index (χ0n) is 12.0. The molecule has 0 saturated heterocycles. The molecule has 0 atom stereocenters. The molecule has 0 aliphatic heterocycles. The molecule has 0 aliphatic rings. The number of H-pyrrole nitrogens is 2. The lowest BCUT2D eigenvalue weighted by Crippen LogP contribution is -1.97. The Morgan fingerprint density at radius 1 is 1.05 bits per heavy atom. The maximum atomic E-state index is 5.42. The van der Waals surface area contributed by atoms with Crippen molar-refractivity contribution in [3.05, 3.63) is 65.1 Å². The van der Waals surface area contributed by atoms with Crippen LogP contribution >= 0.6 is 12.2 Å². The van der Waals surface area contributed by atoms with Crippen LogP contribution in [0.2, 0.25) is 0 Å². The predicted molar refractivity (Wildman–Crippen MR) is 90.8 cm³/mol. The summed E-state index contributed by atoms with van der Waals surface area (Å²) in [5, 5.41) is 8.47. The highest BCUT2D eigenvalue weighted by Gasteiger charge is 2.14. The van der Waals surface area contributed by atoms with E-state index < -0.39 is 0 Å². The smallest absolute Gasteiger partial charge is 0.200 e. The molecule has 0 unspecified atom stereocenters. The Morgan fingerprint density at radius 2 is 1.82 bits per heavy atom. The van der Waals surface area contributed by atoms with E-state index in [1.54, 1.807) is 0 Å². The normalized spacial score (nSPS) is 11.1. The third-order valence-electron chi connectivity index (χ3n) is 3.79. The number of nitrogens with one attached hydrogen (secondary N) is 2. The molecular formula is C17H14N4S. The Hall–Kier alpha value is -2.66. The van der Waals surface area contributed by atoms with Gasteiger partial charge in [-0.2, -0.15) is 5.10 Å². The fraction of sp³-hybridized carbons (Fsp3) is 0.0588. The van der Waals surface area contributed by atoms with Crippen molar-refractivity contribution in [2.45, 2.75) is 6.92 Å². The number of rotatable bonds is 2. The highest BCUT2D eigenvalue weighted by Crippen LogP contribution is 2.28. The van der Waals surface area contributed by atoms with Crippen molar-refractivity contribution >= 4 is 23.1 Å². The van der Waals surface area contributed by atoms with Gasteiger partial charge in [-0.05, 0) is 37.3 Å². The molecule has 22 heavy (non-hydrogen) atoms. The lowest BCUT2D eigenvalue weighted by atomic mass is 10.1. The second-order valence-electron chi connectivity index (χ2n) is 5.27. The minimum atomic E-state index is 0.587. The van der Waals surface area contributed by atoms with Gasteiger partial charge in [-0.25, -0.2) is 0 Å². The molecule has 0 radical (unpaired) electrons. The number of nitrogens with zero attached hydrogens (tertiary/aromatic N) is 2. The fourth-order valence-corrected chi connectivity index (χ4v) is 2.91. The average Bonchev–Trinajstić information content (AvgIpc) is 3.12. The summed E-state index contributed by atoms with van der Waals surface area (Å²) in [6.45, 7) is 2.07. The zero-order valence-corrected chi connectivity index (χ0v) is 12.8. The van der Waals surface area contributed by atoms with Crippen molar-refractivity contribution in [3.63, 3.8) is 0 Å². The van der Waals surface area contributed by atoms with Crippen LogP contribution in [0, 0.1) is 11.7 Å². The molecule has 0 spiro atoms. The topological polar surface area (TPSA) is 49.4 Å². The van der Waals surface area contributed by atoms with Crippen LogP contribution in [-0.4, -0.2) is 19.7 Å². The van der Waals surface area contributed by atoms with Crippen molar-refractivity contribution in [1.82, 2.24) is 19.7 Å². The third kappa shape index (κ3) is 1.98. The van der Waals surface area contributed by atoms with Gasteiger partial charge in [-0.1, -0.05) is 35.9 Å². The molecule has 4 nitrogen and oxygen atoms in total. The predicted octanol–water partition coefficient (Wildman–Crippen LogP) is 4.39. The van der Waals surface area contributed by atoms with E-state index in [-0.39, 0.29) is 0 Å². The van der Waals surface area contributed by atoms with Crippen molar-refractivity contribution in [2.24, 2.45) is 0 Å². The number of aromatic nitrogens is 4. The highest BCUT2D eigenvalue weighted by molar-refractivity contribution is 7.71. The Kier molecular flexibility index (Phi) is 2.94. The molecule has 0 bridgehead atoms. The minimum absolute atomic E-state index is 0.587. The molecular weight excluding hydrogens is 292 g/mol. The van der Waals surface area contributed by atoms with E-state index in [1.165, 1.54) is 5.56 Å². The molecule has 2 N–H and O–H groups in total. The SMILES string of the molecule is Cc1ccc(-n2c(-c3c[nH]c4ccccc34)n[nH]c2=S)cc1. The van der Waals surface area contributed by atoms with Crippen molar-refractivity contribution < 1.29 is 0 Å². The van der Waals surface area contributed by atoms with Gasteiger partial charge >= 0.3 is 0 Å². The lowest BCUT2D eigenvalue weighted by molar-refractivity contribution is 1.03. The lowest BCUT2D eigenvalue weighted by Gasteiger charge is -2.06. The van der Waals surface area contributed by atoms with Crippen LogP contribution < -0.4 is 0 Å². The average molecular weight is 306 g/mol. The first-order valence-electron chi connectivity index (χ1n) is 7.05. The first-order valence-corrected chi connectivity index (χ1v) is 7.46. The van der Waals surface area contributed by atoms with E-state index in [2.05, 4.69) is 58.5 Å². The molecule has 4 rings (SSSR count). The number of fused-ring (bicyclic) bond motifs is 1. The second-order valence-corrected chi connectivity index (χ2v) is 5.66. The maximum absolute atomic E-state index is 5.42. The van der Waals surface area contributed by atoms with Gasteiger partial charge in [0.05, 0.1) is 0 Å². The van der Waals surface area contributed by atoms with Crippen LogP contribution in [0.5, 0.6) is 0 Å². The zero-order chi connectivity index (χ0) is 15.1. The first-order chi connectivity index (χ1) is 10.7. The standard InChI is InChI=1S/C17H14N4S/c1-11-6-8-12(9-7-11)21-16(19-20-17(21)22)14-10-18-15-5-3-2-4-13(14)15/h2-10,18H,1H3,(H,20,22). The van der Waals surface area contributed by atoms with Gasteiger partial charge in [0, 0.05) is 28.4 Å². The molecule has 108 valence electrons. The number of hydrogen-bond acceptors (Lipinski definition) is 2.